The lowest BCUT2D eigenvalue weighted by molar-refractivity contribution is -0.676. The molecule has 0 bridgehead atoms. The van der Waals surface area contributed by atoms with E-state index in [-0.39, 0.29) is 6.10 Å². The Morgan fingerprint density at radius 3 is 2.36 bits per heavy atom. The van der Waals surface area contributed by atoms with Crippen molar-refractivity contribution in [3.8, 4) is 0 Å². The summed E-state index contributed by atoms with van der Waals surface area (Å²) in [6.45, 7) is 5.21. The third-order valence-electron chi connectivity index (χ3n) is 9.11. The van der Waals surface area contributed by atoms with Crippen molar-refractivity contribution in [1.29, 1.82) is 0 Å². The molecule has 0 aromatic rings. The Balaban J connectivity index is 1.61. The number of fused-ring (bicyclic) bond motifs is 5. The first-order chi connectivity index (χ1) is 10.5. The summed E-state index contributed by atoms with van der Waals surface area (Å²) >= 11 is 0. The van der Waals surface area contributed by atoms with Crippen LogP contribution >= 0.6 is 0 Å². The highest BCUT2D eigenvalue weighted by atomic mass is 16.3. The summed E-state index contributed by atoms with van der Waals surface area (Å²) in [6.07, 6.45) is 12.1. The van der Waals surface area contributed by atoms with Gasteiger partial charge in [-0.1, -0.05) is 13.8 Å². The molecule has 0 saturated heterocycles. The summed E-state index contributed by atoms with van der Waals surface area (Å²) < 4.78 is 0. The first-order valence-electron chi connectivity index (χ1n) is 9.96. The van der Waals surface area contributed by atoms with Gasteiger partial charge in [0.2, 0.25) is 0 Å². The third-order valence-corrected chi connectivity index (χ3v) is 9.11. The third kappa shape index (κ3) is 1.99. The summed E-state index contributed by atoms with van der Waals surface area (Å²) in [6, 6.07) is 0.872. The molecule has 4 rings (SSSR count). The maximum Gasteiger partial charge on any atom is 0.0914 e. The summed E-state index contributed by atoms with van der Waals surface area (Å²) in [5.41, 5.74) is 1.14. The van der Waals surface area contributed by atoms with Crippen LogP contribution in [0.1, 0.15) is 71.6 Å². The van der Waals surface area contributed by atoms with E-state index in [4.69, 9.17) is 0 Å². The Morgan fingerprint density at radius 2 is 1.59 bits per heavy atom. The maximum absolute atomic E-state index is 10.1. The molecule has 2 nitrogen and oxygen atoms in total. The highest BCUT2D eigenvalue weighted by molar-refractivity contribution is 5.09. The standard InChI is InChI=1S/C20H35NO/c1-19-10-8-14(22)12-13(19)4-5-15-16-6-7-18(21-3)20(16,2)11-9-17(15)19/h13-18,21-22H,4-12H2,1-3H3/p+1/t13-,14+,15-,16+,17-,18-,19+,20+/m0/s1. The second kappa shape index (κ2) is 5.21. The number of nitrogens with two attached hydrogens (primary N) is 1. The van der Waals surface area contributed by atoms with Gasteiger partial charge in [0.15, 0.2) is 0 Å². The zero-order valence-electron chi connectivity index (χ0n) is 14.9. The number of hydrogen-bond acceptors (Lipinski definition) is 1. The van der Waals surface area contributed by atoms with Gasteiger partial charge in [-0.3, -0.25) is 0 Å². The van der Waals surface area contributed by atoms with E-state index in [1.807, 2.05) is 0 Å². The lowest BCUT2D eigenvalue weighted by Gasteiger charge is -2.60. The number of quaternary nitrogens is 1. The van der Waals surface area contributed by atoms with Gasteiger partial charge in [-0.2, -0.15) is 0 Å². The molecule has 0 aliphatic heterocycles. The largest absolute Gasteiger partial charge is 0.393 e. The SMILES string of the molecule is C[NH2+][C@H]1CC[C@@H]2[C@@H]3CC[C@H]4C[C@H](O)CC[C@@]4(C)[C@H]3CC[C@@]12C. The number of rotatable bonds is 1. The monoisotopic (exact) mass is 306 g/mol. The van der Waals surface area contributed by atoms with Crippen LogP contribution in [-0.2, 0) is 0 Å². The molecule has 4 fully saturated rings. The van der Waals surface area contributed by atoms with Gasteiger partial charge in [0, 0.05) is 11.8 Å². The molecule has 4 aliphatic rings. The van der Waals surface area contributed by atoms with E-state index in [1.165, 1.54) is 44.9 Å². The van der Waals surface area contributed by atoms with Crippen LogP contribution in [-0.4, -0.2) is 24.3 Å². The van der Waals surface area contributed by atoms with E-state index in [2.05, 4.69) is 26.2 Å². The summed E-state index contributed by atoms with van der Waals surface area (Å²) in [5, 5.41) is 12.6. The molecule has 8 atom stereocenters. The van der Waals surface area contributed by atoms with Gasteiger partial charge < -0.3 is 10.4 Å². The first kappa shape index (κ1) is 15.4. The maximum atomic E-state index is 10.1. The molecule has 0 radical (unpaired) electrons. The highest BCUT2D eigenvalue weighted by Gasteiger charge is 2.60. The van der Waals surface area contributed by atoms with Crippen LogP contribution in [0.4, 0.5) is 0 Å². The molecule has 0 amide bonds. The number of aliphatic hydroxyl groups excluding tert-OH is 1. The molecular formula is C20H36NO+. The Bertz CT molecular complexity index is 437. The van der Waals surface area contributed by atoms with Crippen LogP contribution in [0, 0.1) is 34.5 Å². The lowest BCUT2D eigenvalue weighted by Crippen LogP contribution is -2.89. The fraction of sp³-hybridized carbons (Fsp3) is 1.00. The summed E-state index contributed by atoms with van der Waals surface area (Å²) in [7, 11) is 2.30. The van der Waals surface area contributed by atoms with Gasteiger partial charge in [-0.15, -0.1) is 0 Å². The fourth-order valence-corrected chi connectivity index (χ4v) is 7.82. The molecule has 0 aromatic heterocycles. The second-order valence-corrected chi connectivity index (χ2v) is 9.65. The molecule has 0 heterocycles. The van der Waals surface area contributed by atoms with Gasteiger partial charge in [0.25, 0.3) is 0 Å². The zero-order chi connectivity index (χ0) is 15.5. The van der Waals surface area contributed by atoms with E-state index >= 15 is 0 Å². The molecule has 4 aliphatic carbocycles. The minimum Gasteiger partial charge on any atom is -0.393 e. The average molecular weight is 307 g/mol. The molecule has 0 unspecified atom stereocenters. The molecule has 4 saturated carbocycles. The van der Waals surface area contributed by atoms with Crippen molar-refractivity contribution in [1.82, 2.24) is 0 Å². The molecule has 126 valence electrons. The zero-order valence-corrected chi connectivity index (χ0v) is 14.9. The van der Waals surface area contributed by atoms with Gasteiger partial charge in [-0.05, 0) is 80.5 Å². The van der Waals surface area contributed by atoms with Crippen molar-refractivity contribution >= 4 is 0 Å². The topological polar surface area (TPSA) is 36.8 Å². The van der Waals surface area contributed by atoms with Crippen molar-refractivity contribution < 1.29 is 10.4 Å². The Labute approximate surface area is 136 Å². The molecule has 22 heavy (non-hydrogen) atoms. The predicted molar refractivity (Wildman–Crippen MR) is 89.4 cm³/mol. The van der Waals surface area contributed by atoms with Crippen molar-refractivity contribution in [3.63, 3.8) is 0 Å². The van der Waals surface area contributed by atoms with E-state index in [0.717, 1.165) is 42.6 Å². The van der Waals surface area contributed by atoms with Crippen LogP contribution in [0.15, 0.2) is 0 Å². The summed E-state index contributed by atoms with van der Waals surface area (Å²) in [5.74, 6) is 3.72. The quantitative estimate of drug-likeness (QED) is 0.768. The normalized spacial score (nSPS) is 57.8. The smallest absolute Gasteiger partial charge is 0.0914 e. The van der Waals surface area contributed by atoms with Crippen LogP contribution in [0.5, 0.6) is 0 Å². The molecular weight excluding hydrogens is 270 g/mol. The predicted octanol–water partition coefficient (Wildman–Crippen LogP) is 2.95. The Hall–Kier alpha value is -0.0800. The van der Waals surface area contributed by atoms with E-state index < -0.39 is 0 Å². The van der Waals surface area contributed by atoms with E-state index in [9.17, 15) is 5.11 Å². The lowest BCUT2D eigenvalue weighted by atomic mass is 9.45. The van der Waals surface area contributed by atoms with Crippen LogP contribution in [0.25, 0.3) is 0 Å². The molecule has 0 spiro atoms. The Morgan fingerprint density at radius 1 is 0.864 bits per heavy atom. The van der Waals surface area contributed by atoms with Crippen molar-refractivity contribution in [2.75, 3.05) is 7.05 Å². The van der Waals surface area contributed by atoms with E-state index in [1.54, 1.807) is 0 Å². The van der Waals surface area contributed by atoms with Crippen molar-refractivity contribution in [2.24, 2.45) is 34.5 Å². The first-order valence-corrected chi connectivity index (χ1v) is 9.96. The van der Waals surface area contributed by atoms with Gasteiger partial charge >= 0.3 is 0 Å². The number of aliphatic hydroxyl groups is 1. The van der Waals surface area contributed by atoms with Crippen LogP contribution < -0.4 is 5.32 Å². The highest BCUT2D eigenvalue weighted by Crippen LogP contribution is 2.65. The minimum absolute atomic E-state index is 0.00552. The fourth-order valence-electron chi connectivity index (χ4n) is 7.82. The van der Waals surface area contributed by atoms with Gasteiger partial charge in [-0.25, -0.2) is 0 Å². The van der Waals surface area contributed by atoms with Crippen molar-refractivity contribution in [3.05, 3.63) is 0 Å². The molecule has 3 N–H and O–H groups in total. The molecule has 2 heteroatoms. The second-order valence-electron chi connectivity index (χ2n) is 9.65. The van der Waals surface area contributed by atoms with Crippen LogP contribution in [0.3, 0.4) is 0 Å². The summed E-state index contributed by atoms with van der Waals surface area (Å²) in [4.78, 5) is 0. The number of hydrogen-bond donors (Lipinski definition) is 2. The van der Waals surface area contributed by atoms with Crippen molar-refractivity contribution in [2.45, 2.75) is 83.8 Å². The van der Waals surface area contributed by atoms with Gasteiger partial charge in [0.1, 0.15) is 0 Å². The van der Waals surface area contributed by atoms with Gasteiger partial charge in [0.05, 0.1) is 19.2 Å². The van der Waals surface area contributed by atoms with E-state index in [0.29, 0.717) is 10.8 Å². The minimum atomic E-state index is -0.00552. The molecule has 0 aromatic carbocycles. The van der Waals surface area contributed by atoms with Crippen LogP contribution in [0.2, 0.25) is 0 Å². The Kier molecular flexibility index (Phi) is 3.66. The average Bonchev–Trinajstić information content (AvgIpc) is 2.84.